The van der Waals surface area contributed by atoms with Gasteiger partial charge in [0, 0.05) is 28.1 Å². The summed E-state index contributed by atoms with van der Waals surface area (Å²) in [4.78, 5) is 70.2. The Kier molecular flexibility index (Phi) is 7.67. The highest BCUT2D eigenvalue weighted by Gasteiger charge is 2.70. The smallest absolute Gasteiger partial charge is 0.269 e. The number of fused-ring (bicyclic) bond motifs is 4. The quantitative estimate of drug-likeness (QED) is 0.0975. The Hall–Kier alpha value is -5.62. The van der Waals surface area contributed by atoms with Gasteiger partial charge in [-0.05, 0) is 73.7 Å². The van der Waals surface area contributed by atoms with Gasteiger partial charge in [-0.3, -0.25) is 39.6 Å². The Labute approximate surface area is 300 Å². The predicted octanol–water partition coefficient (Wildman–Crippen LogP) is 6.56. The summed E-state index contributed by atoms with van der Waals surface area (Å²) in [6, 6.07) is 26.6. The lowest BCUT2D eigenvalue weighted by Gasteiger charge is -2.50. The van der Waals surface area contributed by atoms with Crippen LogP contribution in [0.1, 0.15) is 35.4 Å². The lowest BCUT2D eigenvalue weighted by atomic mass is 9.49. The van der Waals surface area contributed by atoms with Gasteiger partial charge in [-0.15, -0.1) is 0 Å². The maximum atomic E-state index is 15.2. The number of nitro groups is 1. The van der Waals surface area contributed by atoms with E-state index in [9.17, 15) is 29.6 Å². The number of carbonyl (C=O) groups is 4. The van der Waals surface area contributed by atoms with Crippen molar-refractivity contribution in [1.82, 2.24) is 5.01 Å². The normalized spacial score (nSPS) is 26.8. The van der Waals surface area contributed by atoms with Gasteiger partial charge in [0.25, 0.3) is 17.5 Å². The molecule has 4 aliphatic rings. The van der Waals surface area contributed by atoms with Crippen LogP contribution in [0.2, 0.25) is 0 Å². The molecule has 8 rings (SSSR count). The van der Waals surface area contributed by atoms with E-state index in [0.29, 0.717) is 26.9 Å². The van der Waals surface area contributed by atoms with E-state index >= 15 is 4.79 Å². The van der Waals surface area contributed by atoms with Crippen molar-refractivity contribution in [2.45, 2.75) is 31.1 Å². The number of amides is 4. The molecule has 51 heavy (non-hydrogen) atoms. The fraction of sp³-hybridized carbons (Fsp3) is 0.231. The fourth-order valence-electron chi connectivity index (χ4n) is 8.83. The van der Waals surface area contributed by atoms with Crippen LogP contribution in [0.25, 0.3) is 0 Å². The van der Waals surface area contributed by atoms with Crippen LogP contribution in [0, 0.1) is 40.7 Å². The Morgan fingerprint density at radius 3 is 2.27 bits per heavy atom. The van der Waals surface area contributed by atoms with Gasteiger partial charge >= 0.3 is 0 Å². The second kappa shape index (κ2) is 12.0. The topological polar surface area (TPSA) is 150 Å². The van der Waals surface area contributed by atoms with E-state index in [1.807, 2.05) is 55.5 Å². The number of nitrogens with one attached hydrogen (secondary N) is 1. The first-order valence-corrected chi connectivity index (χ1v) is 17.4. The molecule has 4 aromatic carbocycles. The van der Waals surface area contributed by atoms with Gasteiger partial charge in [0.05, 0.1) is 39.5 Å². The van der Waals surface area contributed by atoms with Crippen LogP contribution in [0.3, 0.4) is 0 Å². The molecule has 0 bridgehead atoms. The zero-order valence-corrected chi connectivity index (χ0v) is 28.8. The number of halogens is 1. The molecule has 2 N–H and O–H groups in total. The number of aromatic hydroxyl groups is 1. The van der Waals surface area contributed by atoms with Crippen LogP contribution in [0.4, 0.5) is 17.1 Å². The molecule has 4 amide bonds. The molecule has 2 aliphatic carbocycles. The second-order valence-electron chi connectivity index (χ2n) is 13.6. The van der Waals surface area contributed by atoms with E-state index in [1.165, 1.54) is 30.3 Å². The first-order valence-electron chi connectivity index (χ1n) is 16.6. The van der Waals surface area contributed by atoms with Crippen molar-refractivity contribution in [3.8, 4) is 5.75 Å². The minimum atomic E-state index is -1.52. The van der Waals surface area contributed by atoms with Crippen molar-refractivity contribution in [2.24, 2.45) is 23.7 Å². The van der Waals surface area contributed by atoms with Crippen LogP contribution in [0.5, 0.6) is 5.75 Å². The zero-order valence-electron chi connectivity index (χ0n) is 27.2. The third-order valence-electron chi connectivity index (χ3n) is 11.0. The Morgan fingerprint density at radius 2 is 1.59 bits per heavy atom. The standard InChI is InChI=1S/C39H31BrN4O7/c1-21-7-10-24(11-8-21)41-43-36(47)31-20-29-27(16-17-28-33(29)37(48)42(35(28)46)25-12-14-26(15-13-25)44(50)51)34(30-19-23(40)9-18-32(30)45)39(31,38(43)49)22-5-3-2-4-6-22/h2-16,18-19,28-29,31,33-34,41,45H,17,20H2,1H3. The summed E-state index contributed by atoms with van der Waals surface area (Å²) in [5.41, 5.74) is 4.85. The molecule has 4 aromatic rings. The van der Waals surface area contributed by atoms with E-state index in [2.05, 4.69) is 21.4 Å². The van der Waals surface area contributed by atoms with E-state index in [4.69, 9.17) is 0 Å². The molecule has 256 valence electrons. The van der Waals surface area contributed by atoms with Crippen molar-refractivity contribution >= 4 is 56.6 Å². The molecular weight excluding hydrogens is 716 g/mol. The van der Waals surface area contributed by atoms with Crippen molar-refractivity contribution in [2.75, 3.05) is 10.3 Å². The highest BCUT2D eigenvalue weighted by Crippen LogP contribution is 2.65. The third-order valence-corrected chi connectivity index (χ3v) is 11.5. The van der Waals surface area contributed by atoms with Crippen LogP contribution < -0.4 is 10.3 Å². The predicted molar refractivity (Wildman–Crippen MR) is 190 cm³/mol. The lowest BCUT2D eigenvalue weighted by molar-refractivity contribution is -0.384. The summed E-state index contributed by atoms with van der Waals surface area (Å²) in [5, 5.41) is 23.9. The summed E-state index contributed by atoms with van der Waals surface area (Å²) in [6.07, 6.45) is 2.20. The lowest BCUT2D eigenvalue weighted by Crippen LogP contribution is -2.53. The van der Waals surface area contributed by atoms with Gasteiger partial charge in [-0.1, -0.05) is 75.6 Å². The van der Waals surface area contributed by atoms with Gasteiger partial charge in [0.2, 0.25) is 11.8 Å². The summed E-state index contributed by atoms with van der Waals surface area (Å²) in [5.74, 6) is -6.04. The number of aryl methyl sites for hydroxylation is 1. The van der Waals surface area contributed by atoms with Crippen LogP contribution >= 0.6 is 15.9 Å². The molecule has 2 saturated heterocycles. The number of carbonyl (C=O) groups excluding carboxylic acids is 4. The average Bonchev–Trinajstić information content (AvgIpc) is 3.51. The van der Waals surface area contributed by atoms with Crippen molar-refractivity contribution in [1.29, 1.82) is 0 Å². The minimum absolute atomic E-state index is 0.0764. The average molecular weight is 748 g/mol. The van der Waals surface area contributed by atoms with Crippen molar-refractivity contribution < 1.29 is 29.2 Å². The number of hydrogen-bond donors (Lipinski definition) is 2. The number of benzene rings is 4. The van der Waals surface area contributed by atoms with Crippen LogP contribution in [-0.4, -0.2) is 38.7 Å². The van der Waals surface area contributed by atoms with Crippen LogP contribution in [0.15, 0.2) is 113 Å². The maximum absolute atomic E-state index is 15.2. The number of anilines is 2. The molecule has 3 fully saturated rings. The number of non-ortho nitro benzene ring substituents is 1. The molecule has 1 saturated carbocycles. The Morgan fingerprint density at radius 1 is 0.882 bits per heavy atom. The molecule has 12 heteroatoms. The first-order chi connectivity index (χ1) is 24.5. The molecule has 6 unspecified atom stereocenters. The van der Waals surface area contributed by atoms with E-state index in [0.717, 1.165) is 15.5 Å². The monoisotopic (exact) mass is 746 g/mol. The first kappa shape index (κ1) is 32.6. The van der Waals surface area contributed by atoms with E-state index in [1.54, 1.807) is 24.3 Å². The van der Waals surface area contributed by atoms with Crippen LogP contribution in [-0.2, 0) is 24.6 Å². The molecular formula is C39H31BrN4O7. The molecule has 0 radical (unpaired) electrons. The molecule has 2 heterocycles. The number of hydrogen-bond acceptors (Lipinski definition) is 8. The van der Waals surface area contributed by atoms with Gasteiger partial charge in [0.15, 0.2) is 0 Å². The van der Waals surface area contributed by atoms with Gasteiger partial charge < -0.3 is 5.11 Å². The zero-order chi connectivity index (χ0) is 35.8. The molecule has 0 spiro atoms. The van der Waals surface area contributed by atoms with E-state index in [-0.39, 0.29) is 30.0 Å². The third kappa shape index (κ3) is 4.84. The fourth-order valence-corrected chi connectivity index (χ4v) is 9.20. The van der Waals surface area contributed by atoms with Gasteiger partial charge in [-0.25, -0.2) is 0 Å². The van der Waals surface area contributed by atoms with E-state index < -0.39 is 63.6 Å². The number of rotatable bonds is 6. The molecule has 2 aliphatic heterocycles. The highest BCUT2D eigenvalue weighted by molar-refractivity contribution is 9.10. The summed E-state index contributed by atoms with van der Waals surface area (Å²) < 4.78 is 0.648. The Bertz CT molecular complexity index is 2170. The largest absolute Gasteiger partial charge is 0.508 e. The number of imide groups is 2. The molecule has 0 aromatic heterocycles. The summed E-state index contributed by atoms with van der Waals surface area (Å²) >= 11 is 3.54. The number of phenolic OH excluding ortho intramolecular Hbond substituents is 1. The summed E-state index contributed by atoms with van der Waals surface area (Å²) in [7, 11) is 0. The van der Waals surface area contributed by atoms with Crippen molar-refractivity contribution in [3.05, 3.63) is 140 Å². The number of phenols is 1. The number of allylic oxidation sites excluding steroid dienone is 2. The number of nitrogens with zero attached hydrogens (tertiary/aromatic N) is 3. The second-order valence-corrected chi connectivity index (χ2v) is 14.5. The highest BCUT2D eigenvalue weighted by atomic mass is 79.9. The maximum Gasteiger partial charge on any atom is 0.269 e. The van der Waals surface area contributed by atoms with Crippen molar-refractivity contribution in [3.63, 3.8) is 0 Å². The Balaban J connectivity index is 1.30. The SMILES string of the molecule is Cc1ccc(NN2C(=O)C3CC4C(=CCC5C(=O)N(c6ccc([N+](=O)[O-])cc6)C(=O)C54)C(c4cc(Br)ccc4O)C3(c3ccccc3)C2=O)cc1. The number of nitro benzene ring substituents is 1. The molecule has 6 atom stereocenters. The van der Waals surface area contributed by atoms with Gasteiger partial charge in [-0.2, -0.15) is 5.01 Å². The molecule has 11 nitrogen and oxygen atoms in total. The van der Waals surface area contributed by atoms with Gasteiger partial charge in [0.1, 0.15) is 5.75 Å². The minimum Gasteiger partial charge on any atom is -0.508 e. The summed E-state index contributed by atoms with van der Waals surface area (Å²) in [6.45, 7) is 1.94. The number of hydrazine groups is 1.